The summed E-state index contributed by atoms with van der Waals surface area (Å²) in [6.07, 6.45) is 6.44. The zero-order valence-electron chi connectivity index (χ0n) is 16.1. The molecular weight excluding hydrogens is 346 g/mol. The van der Waals surface area contributed by atoms with Gasteiger partial charge in [0.05, 0.1) is 5.60 Å². The molecule has 0 aliphatic carbocycles. The van der Waals surface area contributed by atoms with Crippen LogP contribution in [0.3, 0.4) is 0 Å². The zero-order valence-corrected chi connectivity index (χ0v) is 16.1. The molecule has 27 heavy (non-hydrogen) atoms. The van der Waals surface area contributed by atoms with Gasteiger partial charge in [-0.05, 0) is 44.6 Å². The molecule has 8 heteroatoms. The van der Waals surface area contributed by atoms with E-state index < -0.39 is 0 Å². The standard InChI is InChI=1S/C19H27N5O3/c1-3-24-8-4-16(21-24)18(25)23-9-6-19(7-10-23)13-15(5-11-26-19)12-17-20-14(2)27-22-17/h4,8,15H,3,5-7,9-13H2,1-2H3. The van der Waals surface area contributed by atoms with E-state index in [0.29, 0.717) is 30.6 Å². The molecule has 0 aromatic carbocycles. The van der Waals surface area contributed by atoms with Gasteiger partial charge in [0.1, 0.15) is 5.69 Å². The van der Waals surface area contributed by atoms with Gasteiger partial charge in [0, 0.05) is 45.8 Å². The molecule has 2 fully saturated rings. The largest absolute Gasteiger partial charge is 0.375 e. The van der Waals surface area contributed by atoms with Crippen LogP contribution >= 0.6 is 0 Å². The molecule has 0 saturated carbocycles. The Morgan fingerprint density at radius 1 is 1.37 bits per heavy atom. The van der Waals surface area contributed by atoms with Crippen LogP contribution in [0.15, 0.2) is 16.8 Å². The number of likely N-dealkylation sites (tertiary alicyclic amines) is 1. The maximum absolute atomic E-state index is 12.7. The van der Waals surface area contributed by atoms with Gasteiger partial charge >= 0.3 is 0 Å². The summed E-state index contributed by atoms with van der Waals surface area (Å²) in [6, 6.07) is 1.80. The third kappa shape index (κ3) is 3.90. The number of piperidine rings is 1. The van der Waals surface area contributed by atoms with Crippen molar-refractivity contribution in [3.05, 3.63) is 29.7 Å². The molecule has 2 aromatic rings. The first kappa shape index (κ1) is 18.2. The summed E-state index contributed by atoms with van der Waals surface area (Å²) < 4.78 is 13.1. The first-order valence-electron chi connectivity index (χ1n) is 9.83. The first-order valence-corrected chi connectivity index (χ1v) is 9.83. The molecule has 4 heterocycles. The van der Waals surface area contributed by atoms with Gasteiger partial charge in [-0.3, -0.25) is 9.48 Å². The molecule has 2 aromatic heterocycles. The van der Waals surface area contributed by atoms with E-state index >= 15 is 0 Å². The predicted molar refractivity (Wildman–Crippen MR) is 97.2 cm³/mol. The fraction of sp³-hybridized carbons (Fsp3) is 0.684. The van der Waals surface area contributed by atoms with E-state index in [1.807, 2.05) is 24.9 Å². The molecule has 146 valence electrons. The Balaban J connectivity index is 1.35. The van der Waals surface area contributed by atoms with Crippen LogP contribution in [0.1, 0.15) is 54.8 Å². The molecule has 1 amide bonds. The number of hydrogen-bond acceptors (Lipinski definition) is 6. The summed E-state index contributed by atoms with van der Waals surface area (Å²) in [7, 11) is 0. The van der Waals surface area contributed by atoms with Crippen LogP contribution in [-0.2, 0) is 17.7 Å². The summed E-state index contributed by atoms with van der Waals surface area (Å²) >= 11 is 0. The van der Waals surface area contributed by atoms with Crippen molar-refractivity contribution in [1.82, 2.24) is 24.8 Å². The highest BCUT2D eigenvalue weighted by Gasteiger charge is 2.41. The molecule has 0 radical (unpaired) electrons. The monoisotopic (exact) mass is 373 g/mol. The van der Waals surface area contributed by atoms with Crippen LogP contribution in [0.2, 0.25) is 0 Å². The van der Waals surface area contributed by atoms with Crippen molar-refractivity contribution >= 4 is 5.91 Å². The lowest BCUT2D eigenvalue weighted by Crippen LogP contribution is -2.51. The molecule has 0 N–H and O–H groups in total. The van der Waals surface area contributed by atoms with Gasteiger partial charge in [-0.2, -0.15) is 10.1 Å². The number of hydrogen-bond donors (Lipinski definition) is 0. The summed E-state index contributed by atoms with van der Waals surface area (Å²) in [5.41, 5.74) is 0.407. The third-order valence-corrected chi connectivity index (χ3v) is 5.78. The van der Waals surface area contributed by atoms with Gasteiger partial charge in [0.15, 0.2) is 5.82 Å². The Morgan fingerprint density at radius 2 is 2.19 bits per heavy atom. The van der Waals surface area contributed by atoms with E-state index in [2.05, 4.69) is 15.2 Å². The van der Waals surface area contributed by atoms with E-state index in [1.54, 1.807) is 10.7 Å². The number of rotatable bonds is 4. The average Bonchev–Trinajstić information content (AvgIpc) is 3.31. The van der Waals surface area contributed by atoms with Crippen LogP contribution in [0.4, 0.5) is 0 Å². The van der Waals surface area contributed by atoms with Crippen LogP contribution < -0.4 is 0 Å². The Labute approximate surface area is 158 Å². The highest BCUT2D eigenvalue weighted by molar-refractivity contribution is 5.92. The van der Waals surface area contributed by atoms with E-state index in [4.69, 9.17) is 9.26 Å². The summed E-state index contributed by atoms with van der Waals surface area (Å²) in [4.78, 5) is 18.9. The van der Waals surface area contributed by atoms with Crippen molar-refractivity contribution in [2.24, 2.45) is 5.92 Å². The molecular formula is C19H27N5O3. The van der Waals surface area contributed by atoms with Crippen LogP contribution in [0.25, 0.3) is 0 Å². The molecule has 2 aliphatic heterocycles. The van der Waals surface area contributed by atoms with Crippen molar-refractivity contribution < 1.29 is 14.1 Å². The smallest absolute Gasteiger partial charge is 0.274 e. The van der Waals surface area contributed by atoms with Crippen molar-refractivity contribution in [3.63, 3.8) is 0 Å². The number of aryl methyl sites for hydroxylation is 2. The van der Waals surface area contributed by atoms with Crippen molar-refractivity contribution in [2.45, 2.75) is 58.1 Å². The lowest BCUT2D eigenvalue weighted by molar-refractivity contribution is -0.123. The summed E-state index contributed by atoms with van der Waals surface area (Å²) in [6.45, 7) is 6.79. The maximum atomic E-state index is 12.7. The minimum atomic E-state index is -0.124. The van der Waals surface area contributed by atoms with E-state index in [1.165, 1.54) is 0 Å². The fourth-order valence-corrected chi connectivity index (χ4v) is 4.27. The second kappa shape index (κ2) is 7.42. The number of ether oxygens (including phenoxy) is 1. The summed E-state index contributed by atoms with van der Waals surface area (Å²) in [5.74, 6) is 1.92. The Bertz CT molecular complexity index is 791. The molecule has 1 unspecified atom stereocenters. The lowest BCUT2D eigenvalue weighted by atomic mass is 9.78. The number of carbonyl (C=O) groups is 1. The highest BCUT2D eigenvalue weighted by Crippen LogP contribution is 2.38. The molecule has 1 spiro atoms. The Hall–Kier alpha value is -2.22. The Kier molecular flexibility index (Phi) is 4.99. The Morgan fingerprint density at radius 3 is 2.85 bits per heavy atom. The van der Waals surface area contributed by atoms with E-state index in [0.717, 1.165) is 51.1 Å². The lowest BCUT2D eigenvalue weighted by Gasteiger charge is -2.46. The third-order valence-electron chi connectivity index (χ3n) is 5.78. The SMILES string of the molecule is CCn1ccc(C(=O)N2CCC3(CC2)CC(Cc2noc(C)n2)CCO3)n1. The van der Waals surface area contributed by atoms with Gasteiger partial charge in [0.25, 0.3) is 5.91 Å². The zero-order chi connectivity index (χ0) is 18.9. The quantitative estimate of drug-likeness (QED) is 0.817. The predicted octanol–water partition coefficient (Wildman–Crippen LogP) is 2.24. The van der Waals surface area contributed by atoms with Crippen molar-refractivity contribution in [3.8, 4) is 0 Å². The van der Waals surface area contributed by atoms with Gasteiger partial charge in [-0.1, -0.05) is 5.16 Å². The second-order valence-corrected chi connectivity index (χ2v) is 7.67. The molecule has 1 atom stereocenters. The minimum Gasteiger partial charge on any atom is -0.375 e. The van der Waals surface area contributed by atoms with Crippen LogP contribution in [0.5, 0.6) is 0 Å². The number of carbonyl (C=O) groups excluding carboxylic acids is 1. The molecule has 2 aliphatic rings. The first-order chi connectivity index (χ1) is 13.1. The second-order valence-electron chi connectivity index (χ2n) is 7.67. The number of nitrogens with zero attached hydrogens (tertiary/aromatic N) is 5. The molecule has 8 nitrogen and oxygen atoms in total. The fourth-order valence-electron chi connectivity index (χ4n) is 4.27. The number of aromatic nitrogens is 4. The van der Waals surface area contributed by atoms with Gasteiger partial charge < -0.3 is 14.2 Å². The minimum absolute atomic E-state index is 0.0201. The maximum Gasteiger partial charge on any atom is 0.274 e. The molecule has 0 bridgehead atoms. The normalized spacial score (nSPS) is 22.3. The van der Waals surface area contributed by atoms with Crippen LogP contribution in [-0.4, -0.2) is 56.0 Å². The van der Waals surface area contributed by atoms with Gasteiger partial charge in [0.2, 0.25) is 5.89 Å². The summed E-state index contributed by atoms with van der Waals surface area (Å²) in [5, 5.41) is 8.37. The molecule has 2 saturated heterocycles. The van der Waals surface area contributed by atoms with Gasteiger partial charge in [-0.15, -0.1) is 0 Å². The number of amides is 1. The van der Waals surface area contributed by atoms with Crippen LogP contribution in [0, 0.1) is 12.8 Å². The van der Waals surface area contributed by atoms with Crippen molar-refractivity contribution in [1.29, 1.82) is 0 Å². The van der Waals surface area contributed by atoms with Gasteiger partial charge in [-0.25, -0.2) is 0 Å². The van der Waals surface area contributed by atoms with E-state index in [9.17, 15) is 4.79 Å². The van der Waals surface area contributed by atoms with E-state index in [-0.39, 0.29) is 11.5 Å². The highest BCUT2D eigenvalue weighted by atomic mass is 16.5. The topological polar surface area (TPSA) is 86.3 Å². The van der Waals surface area contributed by atoms with Crippen molar-refractivity contribution in [2.75, 3.05) is 19.7 Å². The average molecular weight is 373 g/mol. The molecule has 4 rings (SSSR count).